The average Bonchev–Trinajstić information content (AvgIpc) is 3.46. The molecule has 0 spiro atoms. The fraction of sp³-hybridized carbons (Fsp3) is 0.424. The maximum atomic E-state index is 13.1. The minimum absolute atomic E-state index is 0.293. The van der Waals surface area contributed by atoms with Gasteiger partial charge in [-0.2, -0.15) is 0 Å². The van der Waals surface area contributed by atoms with Gasteiger partial charge in [-0.05, 0) is 209 Å². The van der Waals surface area contributed by atoms with Gasteiger partial charge in [0.25, 0.3) is 0 Å². The van der Waals surface area contributed by atoms with Gasteiger partial charge in [0.2, 0.25) is 0 Å². The summed E-state index contributed by atoms with van der Waals surface area (Å²) >= 11 is 0. The minimum atomic E-state index is -0.370. The Hall–Kier alpha value is -6.94. The lowest BCUT2D eigenvalue weighted by molar-refractivity contribution is -0.138. The molecule has 2 aliphatic carbocycles. The monoisotopic (exact) mass is 1030 g/mol. The third-order valence-electron chi connectivity index (χ3n) is 15.1. The van der Waals surface area contributed by atoms with Gasteiger partial charge in [0.05, 0.1) is 26.4 Å². The van der Waals surface area contributed by atoms with Gasteiger partial charge in [-0.15, -0.1) is 0 Å². The van der Waals surface area contributed by atoms with E-state index in [9.17, 15) is 19.2 Å². The number of hydrogen-bond acceptors (Lipinski definition) is 10. The molecule has 402 valence electrons. The molecular formula is C66H78O10. The van der Waals surface area contributed by atoms with Crippen LogP contribution in [-0.4, -0.2) is 50.3 Å². The van der Waals surface area contributed by atoms with Crippen molar-refractivity contribution in [2.45, 2.75) is 140 Å². The second kappa shape index (κ2) is 31.2. The van der Waals surface area contributed by atoms with Crippen molar-refractivity contribution in [1.29, 1.82) is 0 Å². The molecule has 0 amide bonds. The standard InChI is InChI=1S/C66H78O10/c1-3-63(67)73-47-13-7-5-11-45-71-59-39-35-57(36-40-59)55-31-27-53(28-32-55)51-23-17-49(18-24-51)21-43-65(69)75-61-15-9-10-16-62(61)76-66(70)44-22-50-19-25-52(26-20-50)54-29-33-56(34-30-54)58-37-41-60(42-38-58)72-46-12-6-8-14-48-74-64(68)4-2/h3-4,9-10,15-16,27-42,49-52H,1-2,5-8,11-14,17-26,43-48H2. The lowest BCUT2D eigenvalue weighted by Gasteiger charge is -2.29. The summed E-state index contributed by atoms with van der Waals surface area (Å²) in [6.07, 6.45) is 20.9. The Morgan fingerprint density at radius 1 is 0.408 bits per heavy atom. The molecule has 0 aromatic heterocycles. The van der Waals surface area contributed by atoms with Gasteiger partial charge in [0.1, 0.15) is 11.5 Å². The van der Waals surface area contributed by atoms with Crippen LogP contribution in [0.1, 0.15) is 151 Å². The van der Waals surface area contributed by atoms with Crippen LogP contribution in [0.3, 0.4) is 0 Å². The van der Waals surface area contributed by atoms with Crippen molar-refractivity contribution in [2.24, 2.45) is 11.8 Å². The molecule has 0 saturated heterocycles. The van der Waals surface area contributed by atoms with Crippen molar-refractivity contribution < 1.29 is 47.6 Å². The number of unbranched alkanes of at least 4 members (excludes halogenated alkanes) is 6. The molecule has 2 fully saturated rings. The van der Waals surface area contributed by atoms with Gasteiger partial charge in [-0.1, -0.05) is 98.1 Å². The Balaban J connectivity index is 0.737. The molecule has 0 radical (unpaired) electrons. The quantitative estimate of drug-likeness (QED) is 0.0190. The number of carbonyl (C=O) groups is 4. The second-order valence-corrected chi connectivity index (χ2v) is 20.5. The van der Waals surface area contributed by atoms with Crippen LogP contribution in [0.5, 0.6) is 23.0 Å². The molecule has 0 bridgehead atoms. The molecule has 5 aromatic rings. The van der Waals surface area contributed by atoms with Crippen LogP contribution in [0, 0.1) is 11.8 Å². The lowest BCUT2D eigenvalue weighted by atomic mass is 9.77. The summed E-state index contributed by atoms with van der Waals surface area (Å²) in [5.41, 5.74) is 7.41. The first kappa shape index (κ1) is 56.8. The minimum Gasteiger partial charge on any atom is -0.494 e. The molecule has 76 heavy (non-hydrogen) atoms. The molecule has 10 nitrogen and oxygen atoms in total. The van der Waals surface area contributed by atoms with E-state index in [4.69, 9.17) is 28.4 Å². The van der Waals surface area contributed by atoms with E-state index in [0.717, 1.165) is 138 Å². The van der Waals surface area contributed by atoms with Gasteiger partial charge in [0, 0.05) is 25.0 Å². The zero-order valence-corrected chi connectivity index (χ0v) is 44.5. The average molecular weight is 1030 g/mol. The maximum Gasteiger partial charge on any atom is 0.330 e. The number of para-hydroxylation sites is 2. The molecule has 2 aliphatic rings. The predicted octanol–water partition coefficient (Wildman–Crippen LogP) is 15.7. The summed E-state index contributed by atoms with van der Waals surface area (Å²) in [5, 5.41) is 0. The SMILES string of the molecule is C=CC(=O)OCCCCCCOc1ccc(-c2ccc(C3CCC(CCC(=O)Oc4ccccc4OC(=O)CCC4CCC(c5ccc(-c6ccc(OCCCCCCOC(=O)C=C)cc6)cc5)CC4)CC3)cc2)cc1. The van der Waals surface area contributed by atoms with E-state index in [1.807, 2.05) is 24.3 Å². The molecule has 7 rings (SSSR count). The first-order valence-electron chi connectivity index (χ1n) is 28.0. The Bertz CT molecular complexity index is 2390. The van der Waals surface area contributed by atoms with E-state index in [0.29, 0.717) is 74.4 Å². The topological polar surface area (TPSA) is 124 Å². The summed E-state index contributed by atoms with van der Waals surface area (Å²) < 4.78 is 33.5. The Morgan fingerprint density at radius 3 is 1.08 bits per heavy atom. The summed E-state index contributed by atoms with van der Waals surface area (Å²) in [6.45, 7) is 8.99. The van der Waals surface area contributed by atoms with Crippen molar-refractivity contribution >= 4 is 23.9 Å². The number of esters is 4. The highest BCUT2D eigenvalue weighted by Crippen LogP contribution is 2.40. The van der Waals surface area contributed by atoms with Gasteiger partial charge >= 0.3 is 23.9 Å². The fourth-order valence-electron chi connectivity index (χ4n) is 10.5. The number of benzene rings is 5. The van der Waals surface area contributed by atoms with Crippen molar-refractivity contribution in [3.05, 3.63) is 158 Å². The zero-order valence-electron chi connectivity index (χ0n) is 44.5. The molecule has 2 saturated carbocycles. The number of ether oxygens (including phenoxy) is 6. The van der Waals surface area contributed by atoms with Crippen LogP contribution in [-0.2, 0) is 28.7 Å². The zero-order chi connectivity index (χ0) is 53.2. The van der Waals surface area contributed by atoms with Gasteiger partial charge in [-0.25, -0.2) is 9.59 Å². The van der Waals surface area contributed by atoms with E-state index in [-0.39, 0.29) is 23.9 Å². The van der Waals surface area contributed by atoms with Crippen LogP contribution in [0.4, 0.5) is 0 Å². The van der Waals surface area contributed by atoms with Crippen molar-refractivity contribution in [3.8, 4) is 45.3 Å². The lowest BCUT2D eigenvalue weighted by Crippen LogP contribution is -2.17. The largest absolute Gasteiger partial charge is 0.494 e. The smallest absolute Gasteiger partial charge is 0.330 e. The predicted molar refractivity (Wildman–Crippen MR) is 300 cm³/mol. The summed E-state index contributed by atoms with van der Waals surface area (Å²) in [6, 6.07) is 41.4. The second-order valence-electron chi connectivity index (χ2n) is 20.5. The van der Waals surface area contributed by atoms with Crippen molar-refractivity contribution in [3.63, 3.8) is 0 Å². The Kier molecular flexibility index (Phi) is 23.3. The Morgan fingerprint density at radius 2 is 0.737 bits per heavy atom. The summed E-state index contributed by atoms with van der Waals surface area (Å²) in [4.78, 5) is 48.5. The molecule has 0 N–H and O–H groups in total. The molecule has 0 atom stereocenters. The first-order chi connectivity index (χ1) is 37.2. The van der Waals surface area contributed by atoms with Crippen LogP contribution < -0.4 is 18.9 Å². The van der Waals surface area contributed by atoms with Gasteiger partial charge < -0.3 is 28.4 Å². The van der Waals surface area contributed by atoms with E-state index >= 15 is 0 Å². The molecule has 0 heterocycles. The van der Waals surface area contributed by atoms with E-state index in [2.05, 4.69) is 86.0 Å². The molecule has 0 unspecified atom stereocenters. The van der Waals surface area contributed by atoms with Crippen LogP contribution >= 0.6 is 0 Å². The van der Waals surface area contributed by atoms with Crippen LogP contribution in [0.15, 0.2) is 147 Å². The van der Waals surface area contributed by atoms with Crippen molar-refractivity contribution in [2.75, 3.05) is 26.4 Å². The van der Waals surface area contributed by atoms with E-state index in [1.54, 1.807) is 24.3 Å². The summed E-state index contributed by atoms with van der Waals surface area (Å²) in [7, 11) is 0. The third-order valence-corrected chi connectivity index (χ3v) is 15.1. The van der Waals surface area contributed by atoms with Gasteiger partial charge in [-0.3, -0.25) is 9.59 Å². The normalized spacial score (nSPS) is 17.2. The fourth-order valence-corrected chi connectivity index (χ4v) is 10.5. The number of rotatable bonds is 30. The Labute approximate surface area is 451 Å². The number of carbonyl (C=O) groups excluding carboxylic acids is 4. The van der Waals surface area contributed by atoms with E-state index < -0.39 is 0 Å². The highest BCUT2D eigenvalue weighted by atomic mass is 16.6. The third kappa shape index (κ3) is 19.0. The molecular weight excluding hydrogens is 953 g/mol. The molecule has 5 aromatic carbocycles. The summed E-state index contributed by atoms with van der Waals surface area (Å²) in [5.74, 6) is 2.94. The van der Waals surface area contributed by atoms with Crippen LogP contribution in [0.2, 0.25) is 0 Å². The van der Waals surface area contributed by atoms with Gasteiger partial charge in [0.15, 0.2) is 11.5 Å². The highest BCUT2D eigenvalue weighted by molar-refractivity contribution is 5.81. The first-order valence-corrected chi connectivity index (χ1v) is 28.0. The van der Waals surface area contributed by atoms with E-state index in [1.165, 1.54) is 34.4 Å². The number of hydrogen-bond donors (Lipinski definition) is 0. The highest BCUT2D eigenvalue weighted by Gasteiger charge is 2.26. The molecule has 0 aliphatic heterocycles. The maximum absolute atomic E-state index is 13.1. The van der Waals surface area contributed by atoms with Crippen molar-refractivity contribution in [1.82, 2.24) is 0 Å². The molecule has 10 heteroatoms. The van der Waals surface area contributed by atoms with Crippen LogP contribution in [0.25, 0.3) is 22.3 Å².